The maximum atomic E-state index is 12.2. The highest BCUT2D eigenvalue weighted by Gasteiger charge is 2.23. The quantitative estimate of drug-likeness (QED) is 0.829. The maximum Gasteiger partial charge on any atom is 0.354 e. The number of carboxylic acid groups (broad SMARTS) is 1. The van der Waals surface area contributed by atoms with E-state index in [9.17, 15) is 17.8 Å². The van der Waals surface area contributed by atoms with Crippen LogP contribution in [0, 0.1) is 4.78 Å². The number of carboxylic acids is 1. The summed E-state index contributed by atoms with van der Waals surface area (Å²) in [5.41, 5.74) is -0.520. The topological polar surface area (TPSA) is 91.1 Å². The molecule has 0 aromatic carbocycles. The summed E-state index contributed by atoms with van der Waals surface area (Å²) in [4.78, 5) is 13.3. The lowest BCUT2D eigenvalue weighted by Crippen LogP contribution is -2.11. The van der Waals surface area contributed by atoms with Crippen LogP contribution in [-0.2, 0) is 9.73 Å². The molecule has 0 aliphatic carbocycles. The number of rotatable bonds is 3. The first-order chi connectivity index (χ1) is 6.85. The number of hydrogen-bond donors (Lipinski definition) is 2. The van der Waals surface area contributed by atoms with Gasteiger partial charge >= 0.3 is 11.7 Å². The molecule has 0 saturated carbocycles. The van der Waals surface area contributed by atoms with Crippen molar-refractivity contribution in [1.82, 2.24) is 4.98 Å². The average Bonchev–Trinajstić information content (AvgIpc) is 2.17. The molecule has 0 aliphatic heterocycles. The minimum Gasteiger partial charge on any atom is -0.477 e. The van der Waals surface area contributed by atoms with Gasteiger partial charge in [-0.1, -0.05) is 0 Å². The van der Waals surface area contributed by atoms with Crippen molar-refractivity contribution in [3.05, 3.63) is 24.0 Å². The summed E-state index contributed by atoms with van der Waals surface area (Å²) in [5, 5.41) is 8.51. The summed E-state index contributed by atoms with van der Waals surface area (Å²) in [7, 11) is -4.27. The van der Waals surface area contributed by atoms with Gasteiger partial charge in [0, 0.05) is 6.20 Å². The van der Waals surface area contributed by atoms with Crippen LogP contribution in [0.15, 0.2) is 23.2 Å². The molecule has 1 aromatic rings. The number of aromatic nitrogens is 1. The molecule has 0 saturated heterocycles. The van der Waals surface area contributed by atoms with Gasteiger partial charge in [0.25, 0.3) is 0 Å². The van der Waals surface area contributed by atoms with Crippen LogP contribution in [0.25, 0.3) is 0 Å². The Balaban J connectivity index is 3.29. The molecule has 1 unspecified atom stereocenters. The molecule has 1 atom stereocenters. The van der Waals surface area contributed by atoms with Crippen molar-refractivity contribution in [2.45, 2.75) is 10.7 Å². The van der Waals surface area contributed by atoms with Gasteiger partial charge in [-0.05, 0) is 12.1 Å². The molecular formula is C7H6F2N2O3S. The lowest BCUT2D eigenvalue weighted by Gasteiger charge is -2.05. The number of hydrogen-bond acceptors (Lipinski definition) is 4. The minimum atomic E-state index is -4.27. The Hall–Kier alpha value is -1.57. The highest BCUT2D eigenvalue weighted by atomic mass is 32.2. The van der Waals surface area contributed by atoms with Crippen LogP contribution in [0.1, 0.15) is 10.5 Å². The summed E-state index contributed by atoms with van der Waals surface area (Å²) in [6.45, 7) is 0. The number of aromatic carboxylic acids is 1. The first kappa shape index (κ1) is 11.5. The van der Waals surface area contributed by atoms with Crippen LogP contribution in [0.2, 0.25) is 0 Å². The van der Waals surface area contributed by atoms with E-state index in [1.165, 1.54) is 0 Å². The fourth-order valence-corrected chi connectivity index (χ4v) is 1.58. The van der Waals surface area contributed by atoms with Gasteiger partial charge in [0.1, 0.15) is 15.4 Å². The highest BCUT2D eigenvalue weighted by Crippen LogP contribution is 2.18. The largest absolute Gasteiger partial charge is 0.477 e. The summed E-state index contributed by atoms with van der Waals surface area (Å²) in [6.07, 6.45) is 0.926. The van der Waals surface area contributed by atoms with Crippen molar-refractivity contribution in [3.8, 4) is 0 Å². The molecule has 1 aromatic heterocycles. The first-order valence-corrected chi connectivity index (χ1v) is 5.23. The van der Waals surface area contributed by atoms with E-state index in [-0.39, 0.29) is 0 Å². The van der Waals surface area contributed by atoms with Crippen LogP contribution in [0.5, 0.6) is 0 Å². The Morgan fingerprint density at radius 1 is 1.60 bits per heavy atom. The normalized spacial score (nSPS) is 14.9. The Morgan fingerprint density at radius 3 is 2.67 bits per heavy atom. The standard InChI is InChI=1S/C7H6F2N2O3S/c8-7(9)15(10,14)4-1-2-11-5(3-4)6(12)13/h1-3,7,10H,(H,12,13). The predicted molar refractivity (Wildman–Crippen MR) is 46.3 cm³/mol. The van der Waals surface area contributed by atoms with E-state index in [4.69, 9.17) is 9.89 Å². The molecule has 0 fully saturated rings. The van der Waals surface area contributed by atoms with E-state index in [0.29, 0.717) is 6.07 Å². The van der Waals surface area contributed by atoms with Gasteiger partial charge in [-0.25, -0.2) is 18.8 Å². The van der Waals surface area contributed by atoms with E-state index in [2.05, 4.69) is 4.98 Å². The van der Waals surface area contributed by atoms with E-state index < -0.39 is 32.0 Å². The number of carbonyl (C=O) groups is 1. The second-order valence-electron chi connectivity index (χ2n) is 2.54. The van der Waals surface area contributed by atoms with Gasteiger partial charge in [-0.15, -0.1) is 0 Å². The summed E-state index contributed by atoms with van der Waals surface area (Å²) >= 11 is 0. The molecule has 8 heteroatoms. The van der Waals surface area contributed by atoms with Gasteiger partial charge in [0.2, 0.25) is 0 Å². The second-order valence-corrected chi connectivity index (χ2v) is 4.57. The molecule has 15 heavy (non-hydrogen) atoms. The van der Waals surface area contributed by atoms with Gasteiger partial charge in [0.15, 0.2) is 0 Å². The fourth-order valence-electron chi connectivity index (χ4n) is 0.820. The number of nitrogens with one attached hydrogen (secondary N) is 1. The Bertz CT molecular complexity index is 487. The monoisotopic (exact) mass is 236 g/mol. The van der Waals surface area contributed by atoms with Crippen molar-refractivity contribution in [1.29, 1.82) is 4.78 Å². The number of pyridine rings is 1. The molecule has 0 radical (unpaired) electrons. The van der Waals surface area contributed by atoms with Crippen molar-refractivity contribution in [3.63, 3.8) is 0 Å². The van der Waals surface area contributed by atoms with Crippen molar-refractivity contribution in [2.75, 3.05) is 0 Å². The van der Waals surface area contributed by atoms with Gasteiger partial charge in [-0.2, -0.15) is 8.78 Å². The zero-order valence-electron chi connectivity index (χ0n) is 7.18. The maximum absolute atomic E-state index is 12.2. The van der Waals surface area contributed by atoms with Crippen molar-refractivity contribution >= 4 is 15.7 Å². The Morgan fingerprint density at radius 2 is 2.20 bits per heavy atom. The van der Waals surface area contributed by atoms with Crippen molar-refractivity contribution < 1.29 is 22.9 Å². The fraction of sp³-hybridized carbons (Fsp3) is 0.143. The van der Waals surface area contributed by atoms with Crippen LogP contribution in [-0.4, -0.2) is 26.0 Å². The van der Waals surface area contributed by atoms with E-state index >= 15 is 0 Å². The van der Waals surface area contributed by atoms with Crippen LogP contribution in [0.4, 0.5) is 8.78 Å². The Labute approximate surface area is 83.7 Å². The van der Waals surface area contributed by atoms with Gasteiger partial charge < -0.3 is 5.11 Å². The third kappa shape index (κ3) is 2.27. The molecule has 1 heterocycles. The Kier molecular flexibility index (Phi) is 2.98. The first-order valence-electron chi connectivity index (χ1n) is 3.61. The molecule has 82 valence electrons. The molecular weight excluding hydrogens is 230 g/mol. The van der Waals surface area contributed by atoms with Gasteiger partial charge in [-0.3, -0.25) is 0 Å². The number of alkyl halides is 2. The summed E-state index contributed by atoms with van der Waals surface area (Å²) < 4.78 is 42.5. The molecule has 0 bridgehead atoms. The van der Waals surface area contributed by atoms with Gasteiger partial charge in [0.05, 0.1) is 4.90 Å². The van der Waals surface area contributed by atoms with E-state index in [1.54, 1.807) is 0 Å². The van der Waals surface area contributed by atoms with E-state index in [1.807, 2.05) is 0 Å². The second kappa shape index (κ2) is 3.89. The molecule has 5 nitrogen and oxygen atoms in total. The minimum absolute atomic E-state index is 0.520. The number of halogens is 2. The SMILES string of the molecule is N=S(=O)(c1ccnc(C(=O)O)c1)C(F)F. The van der Waals surface area contributed by atoms with Crippen molar-refractivity contribution in [2.24, 2.45) is 0 Å². The zero-order valence-corrected chi connectivity index (χ0v) is 8.00. The number of nitrogens with zero attached hydrogens (tertiary/aromatic N) is 1. The highest BCUT2D eigenvalue weighted by molar-refractivity contribution is 7.92. The molecule has 1 rings (SSSR count). The molecule has 0 amide bonds. The van der Waals surface area contributed by atoms with E-state index in [0.717, 1.165) is 12.3 Å². The summed E-state index contributed by atoms with van der Waals surface area (Å²) in [5.74, 6) is -4.79. The van der Waals surface area contributed by atoms with Crippen LogP contribution < -0.4 is 0 Å². The summed E-state index contributed by atoms with van der Waals surface area (Å²) in [6, 6.07) is 1.65. The third-order valence-corrected chi connectivity index (χ3v) is 3.01. The smallest absolute Gasteiger partial charge is 0.354 e. The van der Waals surface area contributed by atoms with Crippen LogP contribution in [0.3, 0.4) is 0 Å². The average molecular weight is 236 g/mol. The lowest BCUT2D eigenvalue weighted by molar-refractivity contribution is 0.0690. The predicted octanol–water partition coefficient (Wildman–Crippen LogP) is 1.41. The zero-order chi connectivity index (χ0) is 11.6. The lowest BCUT2D eigenvalue weighted by atomic mass is 10.4. The molecule has 0 aliphatic rings. The third-order valence-electron chi connectivity index (χ3n) is 1.55. The molecule has 2 N–H and O–H groups in total. The van der Waals surface area contributed by atoms with Crippen LogP contribution >= 0.6 is 0 Å². The molecule has 0 spiro atoms.